The third-order valence-corrected chi connectivity index (χ3v) is 7.74. The van der Waals surface area contributed by atoms with E-state index in [-0.39, 0.29) is 47.3 Å². The van der Waals surface area contributed by atoms with Crippen molar-refractivity contribution in [2.75, 3.05) is 30.7 Å². The zero-order valence-electron chi connectivity index (χ0n) is 21.0. The second-order valence-electron chi connectivity index (χ2n) is 8.47. The maximum Gasteiger partial charge on any atom is 0.317 e. The number of hydrogen-bond acceptors (Lipinski definition) is 14. The minimum absolute atomic E-state index is 0.0876. The molecule has 6 N–H and O–H groups in total. The lowest BCUT2D eigenvalue weighted by Crippen LogP contribution is -2.71. The van der Waals surface area contributed by atoms with Crippen LogP contribution in [0.3, 0.4) is 0 Å². The molecule has 2 aliphatic rings. The molecule has 0 aliphatic carbocycles. The van der Waals surface area contributed by atoms with Crippen LogP contribution in [0.1, 0.15) is 5.82 Å². The van der Waals surface area contributed by atoms with Gasteiger partial charge in [0.2, 0.25) is 18.3 Å². The van der Waals surface area contributed by atoms with E-state index in [2.05, 4.69) is 30.2 Å². The van der Waals surface area contributed by atoms with Crippen LogP contribution in [0.2, 0.25) is 0 Å². The van der Waals surface area contributed by atoms with Crippen LogP contribution in [-0.2, 0) is 30.5 Å². The summed E-state index contributed by atoms with van der Waals surface area (Å²) in [5.41, 5.74) is 11.1. The number of nitrogens with one attached hydrogen (secondary N) is 2. The number of imidazole rings is 1. The Bertz CT molecular complexity index is 1620. The number of methoxy groups -OCH3 is 1. The van der Waals surface area contributed by atoms with Crippen molar-refractivity contribution in [3.8, 4) is 0 Å². The van der Waals surface area contributed by atoms with Gasteiger partial charge in [-0.25, -0.2) is 9.36 Å². The van der Waals surface area contributed by atoms with Gasteiger partial charge in [-0.2, -0.15) is 9.36 Å². The number of nitrogens with zero attached hydrogens (tertiary/aromatic N) is 7. The van der Waals surface area contributed by atoms with Gasteiger partial charge in [-0.3, -0.25) is 19.8 Å². The molecule has 20 heteroatoms. The smallest absolute Gasteiger partial charge is 0.317 e. The Morgan fingerprint density at radius 1 is 1.34 bits per heavy atom. The van der Waals surface area contributed by atoms with Gasteiger partial charge in [-0.15, -0.1) is 11.8 Å². The number of anilines is 2. The number of ether oxygens (including phenoxy) is 1. The fourth-order valence-corrected chi connectivity index (χ4v) is 5.95. The molecule has 0 unspecified atom stereocenters. The van der Waals surface area contributed by atoms with Gasteiger partial charge in [0.1, 0.15) is 24.2 Å². The molecule has 1 saturated heterocycles. The minimum Gasteiger partial charge on any atom is -0.543 e. The molecule has 0 bridgehead atoms. The van der Waals surface area contributed by atoms with Crippen LogP contribution in [0.25, 0.3) is 5.65 Å². The fourth-order valence-electron chi connectivity index (χ4n) is 4.18. The standard InChI is InChI=1S/C21H21N11O7S2/c1-38-8-39-28-12(15-26-21(23)41-29-15)16(33)25-13-17(34)32-14(19(35)36)9(7-40-18(13)32)6-30-4-5-31-11(30)3-2-10(27-31)24-20(22)37/h2-5,13,18H,6-8H2,1H3,(H6-,22,23,24,25,26,27,29,33,35,36,37)/b28-12-/t13-,18-/m1/s1. The maximum atomic E-state index is 13.1. The molecule has 0 radical (unpaired) electrons. The molecular formula is C21H21N11O7S2. The van der Waals surface area contributed by atoms with Crippen LogP contribution in [-0.4, -0.2) is 84.5 Å². The second kappa shape index (κ2) is 11.3. The fraction of sp³-hybridized carbons (Fsp3) is 0.286. The van der Waals surface area contributed by atoms with Crippen molar-refractivity contribution >= 4 is 69.4 Å². The molecule has 41 heavy (non-hydrogen) atoms. The van der Waals surface area contributed by atoms with Gasteiger partial charge >= 0.3 is 11.7 Å². The van der Waals surface area contributed by atoms with Crippen molar-refractivity contribution in [2.45, 2.75) is 18.0 Å². The predicted octanol–water partition coefficient (Wildman–Crippen LogP) is -3.03. The third kappa shape index (κ3) is 5.47. The number of nitrogen functional groups attached to an aromatic ring is 1. The van der Waals surface area contributed by atoms with Crippen LogP contribution in [0.5, 0.6) is 0 Å². The van der Waals surface area contributed by atoms with Crippen molar-refractivity contribution in [3.63, 3.8) is 0 Å². The lowest BCUT2D eigenvalue weighted by molar-refractivity contribution is -0.662. The molecule has 3 aromatic heterocycles. The number of amides is 4. The number of carboxylic acid groups (broad SMARTS) is 1. The SMILES string of the molecule is COCO/N=C(\C(=O)N[C@@H]1C(=O)N2C(C(=O)[O-])=C(C[n+]3ccn4nc(NC(N)=O)ccc43)CS[C@H]12)c1nsc(N)n1. The van der Waals surface area contributed by atoms with E-state index in [9.17, 15) is 24.3 Å². The summed E-state index contributed by atoms with van der Waals surface area (Å²) in [7, 11) is 1.36. The van der Waals surface area contributed by atoms with Crippen molar-refractivity contribution in [1.82, 2.24) is 29.2 Å². The van der Waals surface area contributed by atoms with Crippen molar-refractivity contribution < 1.29 is 38.4 Å². The number of β-lactam (4-membered cyclic amide) rings is 1. The van der Waals surface area contributed by atoms with Gasteiger partial charge in [0.15, 0.2) is 17.1 Å². The Morgan fingerprint density at radius 2 is 2.15 bits per heavy atom. The number of aromatic nitrogens is 5. The Kier molecular flexibility index (Phi) is 7.68. The van der Waals surface area contributed by atoms with E-state index in [4.69, 9.17) is 21.0 Å². The van der Waals surface area contributed by atoms with Crippen LogP contribution in [0, 0.1) is 0 Å². The van der Waals surface area contributed by atoms with Gasteiger partial charge < -0.3 is 36.3 Å². The van der Waals surface area contributed by atoms with Crippen molar-refractivity contribution in [1.29, 1.82) is 0 Å². The molecule has 0 aromatic carbocycles. The number of primary amides is 1. The summed E-state index contributed by atoms with van der Waals surface area (Å²) in [5, 5.41) is 24.4. The van der Waals surface area contributed by atoms with Gasteiger partial charge in [-0.05, 0) is 6.07 Å². The minimum atomic E-state index is -1.53. The first-order chi connectivity index (χ1) is 19.7. The Labute approximate surface area is 238 Å². The molecule has 214 valence electrons. The topological polar surface area (TPSA) is 248 Å². The highest BCUT2D eigenvalue weighted by molar-refractivity contribution is 8.00. The Hall–Kier alpha value is -4.82. The number of thioether (sulfide) groups is 1. The normalized spacial score (nSPS) is 18.6. The van der Waals surface area contributed by atoms with E-state index in [0.29, 0.717) is 11.2 Å². The summed E-state index contributed by atoms with van der Waals surface area (Å²) in [6.45, 7) is -0.153. The number of carbonyl (C=O) groups excluding carboxylic acids is 4. The molecule has 2 aliphatic heterocycles. The number of aliphatic carboxylic acids is 1. The lowest BCUT2D eigenvalue weighted by Gasteiger charge is -2.50. The molecular weight excluding hydrogens is 582 g/mol. The highest BCUT2D eigenvalue weighted by Crippen LogP contribution is 2.40. The number of urea groups is 1. The first-order valence-electron chi connectivity index (χ1n) is 11.6. The number of carbonyl (C=O) groups is 4. The average Bonchev–Trinajstić information content (AvgIpc) is 3.54. The number of oxime groups is 1. The summed E-state index contributed by atoms with van der Waals surface area (Å²) in [6, 6.07) is 1.37. The Morgan fingerprint density at radius 3 is 2.83 bits per heavy atom. The maximum absolute atomic E-state index is 13.1. The molecule has 2 atom stereocenters. The third-order valence-electron chi connectivity index (χ3n) is 5.86. The quantitative estimate of drug-likeness (QED) is 0.0451. The van der Waals surface area contributed by atoms with E-state index in [1.807, 2.05) is 0 Å². The monoisotopic (exact) mass is 603 g/mol. The number of nitrogens with two attached hydrogens (primary N) is 2. The van der Waals surface area contributed by atoms with Crippen molar-refractivity contribution in [3.05, 3.63) is 41.6 Å². The second-order valence-corrected chi connectivity index (χ2v) is 10.4. The first-order valence-corrected chi connectivity index (χ1v) is 13.4. The molecule has 4 amide bonds. The summed E-state index contributed by atoms with van der Waals surface area (Å²) in [5.74, 6) is -2.66. The zero-order valence-corrected chi connectivity index (χ0v) is 22.7. The first kappa shape index (κ1) is 27.7. The molecule has 18 nitrogen and oxygen atoms in total. The molecule has 0 saturated carbocycles. The van der Waals surface area contributed by atoms with E-state index < -0.39 is 35.2 Å². The van der Waals surface area contributed by atoms with E-state index in [1.165, 1.54) is 29.5 Å². The molecule has 3 aromatic rings. The summed E-state index contributed by atoms with van der Waals surface area (Å²) in [4.78, 5) is 59.4. The summed E-state index contributed by atoms with van der Waals surface area (Å²) in [6.07, 6.45) is 3.28. The number of carboxylic acids is 1. The number of hydrogen-bond donors (Lipinski definition) is 4. The van der Waals surface area contributed by atoms with Gasteiger partial charge in [-0.1, -0.05) is 14.8 Å². The van der Waals surface area contributed by atoms with E-state index >= 15 is 0 Å². The summed E-state index contributed by atoms with van der Waals surface area (Å²) >= 11 is 2.11. The number of rotatable bonds is 10. The largest absolute Gasteiger partial charge is 0.543 e. The van der Waals surface area contributed by atoms with Crippen molar-refractivity contribution in [2.24, 2.45) is 10.9 Å². The van der Waals surface area contributed by atoms with Gasteiger partial charge in [0, 0.05) is 36.0 Å². The molecule has 1 fully saturated rings. The lowest BCUT2D eigenvalue weighted by atomic mass is 10.0. The van der Waals surface area contributed by atoms with E-state index in [1.54, 1.807) is 23.0 Å². The Balaban J connectivity index is 1.35. The predicted molar refractivity (Wildman–Crippen MR) is 139 cm³/mol. The molecule has 5 heterocycles. The van der Waals surface area contributed by atoms with E-state index in [0.717, 1.165) is 16.4 Å². The van der Waals surface area contributed by atoms with Gasteiger partial charge in [0.05, 0.1) is 11.7 Å². The van der Waals surface area contributed by atoms with Crippen LogP contribution < -0.4 is 31.8 Å². The van der Waals surface area contributed by atoms with Crippen LogP contribution >= 0.6 is 23.3 Å². The van der Waals surface area contributed by atoms with Gasteiger partial charge in [0.25, 0.3) is 11.8 Å². The molecule has 0 spiro atoms. The van der Waals surface area contributed by atoms with Crippen LogP contribution in [0.15, 0.2) is 41.0 Å². The highest BCUT2D eigenvalue weighted by atomic mass is 32.2. The average molecular weight is 604 g/mol. The molecule has 5 rings (SSSR count). The van der Waals surface area contributed by atoms with Crippen LogP contribution in [0.4, 0.5) is 15.7 Å². The highest BCUT2D eigenvalue weighted by Gasteiger charge is 2.53. The number of fused-ring (bicyclic) bond motifs is 2. The summed E-state index contributed by atoms with van der Waals surface area (Å²) < 4.78 is 11.9. The zero-order chi connectivity index (χ0) is 29.3.